The first-order chi connectivity index (χ1) is 26.2. The summed E-state index contributed by atoms with van der Waals surface area (Å²) in [5.74, 6) is 1.27. The van der Waals surface area contributed by atoms with Gasteiger partial charge >= 0.3 is 6.01 Å². The third kappa shape index (κ3) is 6.69. The Kier molecular flexibility index (Phi) is 10.6. The number of benzene rings is 2. The maximum Gasteiger partial charge on any atom is 0.319 e. The van der Waals surface area contributed by atoms with Crippen LogP contribution in [0.4, 0.5) is 14.6 Å². The van der Waals surface area contributed by atoms with Gasteiger partial charge in [0.2, 0.25) is 5.91 Å². The zero-order valence-corrected chi connectivity index (χ0v) is 31.5. The van der Waals surface area contributed by atoms with E-state index in [4.69, 9.17) is 20.9 Å². The number of ether oxygens (including phenoxy) is 2. The molecule has 5 aliphatic rings. The molecule has 5 aliphatic heterocycles. The molecule has 2 spiro atoms. The van der Waals surface area contributed by atoms with Crippen molar-refractivity contribution in [2.75, 3.05) is 50.8 Å². The first-order valence-electron chi connectivity index (χ1n) is 19.3. The highest BCUT2D eigenvalue weighted by molar-refractivity contribution is 6.03. The number of carbonyl (C=O) groups is 1. The molecule has 7 bridgehead atoms. The fraction of sp³-hybridized carbons (Fsp3) is 0.512. The van der Waals surface area contributed by atoms with Gasteiger partial charge in [-0.2, -0.15) is 9.97 Å². The molecule has 3 N–H and O–H groups in total. The number of carbonyl (C=O) groups excluding carboxylic acids is 1. The van der Waals surface area contributed by atoms with Gasteiger partial charge in [-0.25, -0.2) is 8.78 Å². The molecule has 3 unspecified atom stereocenters. The fourth-order valence-electron chi connectivity index (χ4n) is 9.06. The summed E-state index contributed by atoms with van der Waals surface area (Å²) >= 11 is 0. The molecule has 7 heterocycles. The zero-order chi connectivity index (χ0) is 38.2. The molecule has 2 aromatic heterocycles. The number of aromatic hydroxyl groups is 1. The van der Waals surface area contributed by atoms with Crippen LogP contribution in [0.5, 0.6) is 11.8 Å². The van der Waals surface area contributed by atoms with Crippen LogP contribution in [-0.4, -0.2) is 100 Å². The molecule has 9 rings (SSSR count). The number of phenolic OH excluding ortho intramolecular Hbond substituents is 1. The summed E-state index contributed by atoms with van der Waals surface area (Å²) in [4.78, 5) is 31.6. The standard InChI is InChI=1S/C37H37F2N7O4.2C2H6/c1-2-25-28(38)5-4-21-12-23(47)13-26(30(21)25)32-31(39)33-27(15-40-32)34-43-35(42-33)50-20-37-8-3-10-46(37)17-24(14-37)49-11-7-29(48)41-18-36-9-6-22(44-36)16-45(34)19-36;2*1-2/h1,4-5,12-13,15,22,24,44,47H,3,6-11,14,16-20H2,(H,41,48);2*1-2H3/t22-,24?,36?,37?;;/m1../s1. The molecular formula is C41H49F2N7O4. The summed E-state index contributed by atoms with van der Waals surface area (Å²) in [5.41, 5.74) is -0.739. The topological polar surface area (TPSA) is 125 Å². The Labute approximate surface area is 314 Å². The van der Waals surface area contributed by atoms with Crippen molar-refractivity contribution in [2.24, 2.45) is 0 Å². The van der Waals surface area contributed by atoms with Crippen LogP contribution in [0.15, 0.2) is 30.5 Å². The van der Waals surface area contributed by atoms with Crippen molar-refractivity contribution in [3.63, 3.8) is 0 Å². The minimum Gasteiger partial charge on any atom is -0.508 e. The first-order valence-corrected chi connectivity index (χ1v) is 19.3. The summed E-state index contributed by atoms with van der Waals surface area (Å²) in [7, 11) is 0. The van der Waals surface area contributed by atoms with E-state index in [1.807, 2.05) is 27.7 Å². The van der Waals surface area contributed by atoms with E-state index in [1.54, 1.807) is 0 Å². The number of rotatable bonds is 1. The van der Waals surface area contributed by atoms with Gasteiger partial charge in [0.25, 0.3) is 0 Å². The summed E-state index contributed by atoms with van der Waals surface area (Å²) in [6.45, 7) is 11.9. The molecular weight excluding hydrogens is 692 g/mol. The SMILES string of the molecule is C#Cc1c(F)ccc2cc(O)cc(-c3ncc4c5nc(nc4c3F)OCC34CCCN3CC(C4)OCCC(=O)NCC34CC[C@H](CN5C3)N4)c12.CC.CC. The Balaban J connectivity index is 0.00000109. The number of pyridine rings is 1. The van der Waals surface area contributed by atoms with Crippen LogP contribution in [0.1, 0.15) is 71.8 Å². The highest BCUT2D eigenvalue weighted by Gasteiger charge is 2.50. The van der Waals surface area contributed by atoms with Gasteiger partial charge in [0.15, 0.2) is 5.82 Å². The van der Waals surface area contributed by atoms with Gasteiger partial charge in [0.1, 0.15) is 35.2 Å². The predicted octanol–water partition coefficient (Wildman–Crippen LogP) is 5.70. The van der Waals surface area contributed by atoms with Crippen molar-refractivity contribution in [1.29, 1.82) is 0 Å². The van der Waals surface area contributed by atoms with Crippen LogP contribution in [0.2, 0.25) is 0 Å². The largest absolute Gasteiger partial charge is 0.508 e. The van der Waals surface area contributed by atoms with Crippen LogP contribution in [0.3, 0.4) is 0 Å². The lowest BCUT2D eigenvalue weighted by Gasteiger charge is -2.42. The average molecular weight is 742 g/mol. The predicted molar refractivity (Wildman–Crippen MR) is 205 cm³/mol. The first kappa shape index (κ1) is 37.7. The van der Waals surface area contributed by atoms with Gasteiger partial charge in [-0.05, 0) is 62.2 Å². The number of amides is 1. The molecule has 4 aromatic rings. The number of hydrogen-bond acceptors (Lipinski definition) is 10. The van der Waals surface area contributed by atoms with Crippen LogP contribution in [0, 0.1) is 24.0 Å². The second-order valence-corrected chi connectivity index (χ2v) is 14.5. The normalized spacial score (nSPS) is 26.4. The minimum absolute atomic E-state index is 0.00953. The fourth-order valence-corrected chi connectivity index (χ4v) is 9.06. The second kappa shape index (κ2) is 15.2. The lowest BCUT2D eigenvalue weighted by Crippen LogP contribution is -2.64. The van der Waals surface area contributed by atoms with Gasteiger partial charge in [0.05, 0.1) is 34.7 Å². The average Bonchev–Trinajstić information content (AvgIpc) is 3.83. The third-order valence-electron chi connectivity index (χ3n) is 11.4. The molecule has 2 aromatic carbocycles. The minimum atomic E-state index is -0.768. The number of phenols is 1. The van der Waals surface area contributed by atoms with E-state index in [9.17, 15) is 14.3 Å². The lowest BCUT2D eigenvalue weighted by molar-refractivity contribution is -0.122. The molecule has 0 saturated carbocycles. The van der Waals surface area contributed by atoms with E-state index in [-0.39, 0.29) is 69.5 Å². The van der Waals surface area contributed by atoms with E-state index < -0.39 is 17.2 Å². The van der Waals surface area contributed by atoms with Gasteiger partial charge in [-0.3, -0.25) is 14.7 Å². The molecule has 11 nitrogen and oxygen atoms in total. The van der Waals surface area contributed by atoms with Gasteiger partial charge in [-0.1, -0.05) is 39.7 Å². The number of nitrogens with zero attached hydrogens (tertiary/aromatic N) is 5. The Bertz CT molecular complexity index is 2110. The Hall–Kier alpha value is -4.64. The second-order valence-electron chi connectivity index (χ2n) is 14.5. The number of aromatic nitrogens is 3. The Morgan fingerprint density at radius 3 is 2.76 bits per heavy atom. The number of fused-ring (bicyclic) bond motifs is 9. The van der Waals surface area contributed by atoms with Gasteiger partial charge in [-0.15, -0.1) is 6.42 Å². The zero-order valence-electron chi connectivity index (χ0n) is 31.5. The molecule has 4 saturated heterocycles. The van der Waals surface area contributed by atoms with Crippen LogP contribution in [0.25, 0.3) is 32.9 Å². The summed E-state index contributed by atoms with van der Waals surface area (Å²) in [6.07, 6.45) is 12.0. The molecule has 1 amide bonds. The van der Waals surface area contributed by atoms with Crippen molar-refractivity contribution < 1.29 is 28.2 Å². The number of halogens is 2. The van der Waals surface area contributed by atoms with Crippen molar-refractivity contribution in [3.8, 4) is 35.4 Å². The molecule has 13 heteroatoms. The van der Waals surface area contributed by atoms with Crippen molar-refractivity contribution in [2.45, 2.75) is 89.4 Å². The van der Waals surface area contributed by atoms with Gasteiger partial charge in [0, 0.05) is 55.8 Å². The van der Waals surface area contributed by atoms with E-state index >= 15 is 4.39 Å². The lowest BCUT2D eigenvalue weighted by atomic mass is 9.94. The monoisotopic (exact) mass is 741 g/mol. The van der Waals surface area contributed by atoms with E-state index in [2.05, 4.69) is 36.3 Å². The number of piperazine rings is 1. The molecule has 286 valence electrons. The van der Waals surface area contributed by atoms with Crippen molar-refractivity contribution in [1.82, 2.24) is 30.5 Å². The molecule has 4 fully saturated rings. The molecule has 4 atom stereocenters. The number of terminal acetylenes is 1. The Morgan fingerprint density at radius 2 is 1.94 bits per heavy atom. The van der Waals surface area contributed by atoms with Crippen LogP contribution < -0.4 is 20.3 Å². The highest BCUT2D eigenvalue weighted by atomic mass is 19.1. The van der Waals surface area contributed by atoms with Gasteiger partial charge < -0.3 is 30.1 Å². The summed E-state index contributed by atoms with van der Waals surface area (Å²) in [5, 5.41) is 18.6. The third-order valence-corrected chi connectivity index (χ3v) is 11.4. The molecule has 0 aliphatic carbocycles. The molecule has 54 heavy (non-hydrogen) atoms. The van der Waals surface area contributed by atoms with Crippen molar-refractivity contribution in [3.05, 3.63) is 47.7 Å². The summed E-state index contributed by atoms with van der Waals surface area (Å²) < 4.78 is 44.6. The van der Waals surface area contributed by atoms with E-state index in [1.165, 1.54) is 30.5 Å². The number of anilines is 1. The maximum atomic E-state index is 17.0. The van der Waals surface area contributed by atoms with Crippen molar-refractivity contribution >= 4 is 33.4 Å². The quantitative estimate of drug-likeness (QED) is 0.210. The van der Waals surface area contributed by atoms with E-state index in [0.717, 1.165) is 45.2 Å². The van der Waals surface area contributed by atoms with Crippen LogP contribution in [-0.2, 0) is 9.53 Å². The maximum absolute atomic E-state index is 17.0. The summed E-state index contributed by atoms with van der Waals surface area (Å²) in [6, 6.07) is 5.68. The smallest absolute Gasteiger partial charge is 0.319 e. The Morgan fingerprint density at radius 1 is 1.11 bits per heavy atom. The van der Waals surface area contributed by atoms with Crippen LogP contribution >= 0.6 is 0 Å². The van der Waals surface area contributed by atoms with E-state index in [0.29, 0.717) is 49.4 Å². The molecule has 0 radical (unpaired) electrons. The number of nitrogens with one attached hydrogen (secondary N) is 2. The number of hydrogen-bond donors (Lipinski definition) is 3. The highest BCUT2D eigenvalue weighted by Crippen LogP contribution is 2.42.